The van der Waals surface area contributed by atoms with Gasteiger partial charge in [-0.3, -0.25) is 5.32 Å². The first kappa shape index (κ1) is 25.7. The highest BCUT2D eigenvalue weighted by atomic mass is 16.6. The Hall–Kier alpha value is -4.38. The summed E-state index contributed by atoms with van der Waals surface area (Å²) in [5.74, 6) is 1.20. The summed E-state index contributed by atoms with van der Waals surface area (Å²) < 4.78 is 13.2. The minimum atomic E-state index is -0.497. The molecule has 1 saturated carbocycles. The summed E-state index contributed by atoms with van der Waals surface area (Å²) in [6, 6.07) is 17.6. The van der Waals surface area contributed by atoms with Crippen molar-refractivity contribution >= 4 is 22.7 Å². The topological polar surface area (TPSA) is 102 Å². The molecule has 2 aromatic carbocycles. The van der Waals surface area contributed by atoms with Gasteiger partial charge in [0.15, 0.2) is 0 Å². The third-order valence-electron chi connectivity index (χ3n) is 5.78. The predicted octanol–water partition coefficient (Wildman–Crippen LogP) is 7.16. The Morgan fingerprint density at radius 2 is 1.84 bits per heavy atom. The third kappa shape index (κ3) is 6.07. The molecule has 8 heteroatoms. The fourth-order valence-electron chi connectivity index (χ4n) is 4.07. The van der Waals surface area contributed by atoms with Crippen molar-refractivity contribution in [3.63, 3.8) is 0 Å². The van der Waals surface area contributed by atoms with Crippen LogP contribution in [0, 0.1) is 17.2 Å². The zero-order valence-electron chi connectivity index (χ0n) is 21.6. The monoisotopic (exact) mass is 497 g/mol. The molecule has 1 amide bonds. The van der Waals surface area contributed by atoms with Crippen molar-refractivity contribution in [3.8, 4) is 29.1 Å². The summed E-state index contributed by atoms with van der Waals surface area (Å²) in [6.45, 7) is 8.42. The van der Waals surface area contributed by atoms with Gasteiger partial charge in [0.25, 0.3) is 0 Å². The predicted molar refractivity (Wildman–Crippen MR) is 144 cm³/mol. The quantitative estimate of drug-likeness (QED) is 0.291. The van der Waals surface area contributed by atoms with Crippen LogP contribution in [0.5, 0.6) is 11.8 Å². The molecule has 1 fully saturated rings. The molecule has 0 atom stereocenters. The number of anilines is 1. The standard InChI is InChI=1S/C27H25N5O3.C2H6/c1-17(2)34-27(33)31-20-8-6-19(7-9-20)25-23(15-28)22-11-10-21(35-26-29-12-3-13-30-26)14-24(22)32(25)16-18-4-5-18;1-2/h3,6-14,17-18H,4-5,16H2,1-2H3,(H,31,33);1-2H3. The van der Waals surface area contributed by atoms with E-state index in [1.807, 2.05) is 56.3 Å². The number of nitrogens with zero attached hydrogens (tertiary/aromatic N) is 4. The van der Waals surface area contributed by atoms with Crippen LogP contribution < -0.4 is 10.1 Å². The molecule has 8 nitrogen and oxygen atoms in total. The van der Waals surface area contributed by atoms with Crippen molar-refractivity contribution in [1.82, 2.24) is 14.5 Å². The molecule has 4 aromatic rings. The summed E-state index contributed by atoms with van der Waals surface area (Å²) in [4.78, 5) is 20.2. The van der Waals surface area contributed by atoms with Gasteiger partial charge in [-0.15, -0.1) is 0 Å². The first-order valence-corrected chi connectivity index (χ1v) is 12.6. The van der Waals surface area contributed by atoms with Gasteiger partial charge in [-0.05, 0) is 68.5 Å². The molecule has 1 aliphatic rings. The molecule has 0 unspecified atom stereocenters. The highest BCUT2D eigenvalue weighted by Gasteiger charge is 2.27. The molecule has 0 saturated heterocycles. The molecule has 1 N–H and O–H groups in total. The van der Waals surface area contributed by atoms with Crippen LogP contribution in [0.3, 0.4) is 0 Å². The largest absolute Gasteiger partial charge is 0.447 e. The van der Waals surface area contributed by atoms with E-state index in [2.05, 4.69) is 25.9 Å². The van der Waals surface area contributed by atoms with Crippen molar-refractivity contribution in [2.24, 2.45) is 5.92 Å². The van der Waals surface area contributed by atoms with Gasteiger partial charge >= 0.3 is 12.1 Å². The molecule has 0 radical (unpaired) electrons. The van der Waals surface area contributed by atoms with Gasteiger partial charge in [0, 0.05) is 36.1 Å². The first-order valence-electron chi connectivity index (χ1n) is 12.6. The van der Waals surface area contributed by atoms with E-state index in [1.54, 1.807) is 32.3 Å². The Morgan fingerprint density at radius 1 is 1.14 bits per heavy atom. The summed E-state index contributed by atoms with van der Waals surface area (Å²) >= 11 is 0. The normalized spacial score (nSPS) is 12.4. The molecule has 37 heavy (non-hydrogen) atoms. The number of nitriles is 1. The lowest BCUT2D eigenvalue weighted by Crippen LogP contribution is -2.17. The summed E-state index contributed by atoms with van der Waals surface area (Å²) in [5.41, 5.74) is 3.93. The van der Waals surface area contributed by atoms with E-state index in [0.29, 0.717) is 22.9 Å². The maximum Gasteiger partial charge on any atom is 0.411 e. The number of amides is 1. The Balaban J connectivity index is 0.00000156. The molecule has 5 rings (SSSR count). The van der Waals surface area contributed by atoms with Crippen LogP contribution in [0.1, 0.15) is 46.1 Å². The molecule has 1 aliphatic carbocycles. The number of benzene rings is 2. The lowest BCUT2D eigenvalue weighted by Gasteiger charge is -2.13. The van der Waals surface area contributed by atoms with Crippen molar-refractivity contribution in [2.75, 3.05) is 5.32 Å². The van der Waals surface area contributed by atoms with Gasteiger partial charge < -0.3 is 14.0 Å². The van der Waals surface area contributed by atoms with Crippen LogP contribution in [-0.2, 0) is 11.3 Å². The number of nitrogens with one attached hydrogen (secondary N) is 1. The second-order valence-corrected chi connectivity index (χ2v) is 8.86. The smallest absolute Gasteiger partial charge is 0.411 e. The first-order chi connectivity index (χ1) is 18.0. The van der Waals surface area contributed by atoms with E-state index in [9.17, 15) is 10.1 Å². The number of fused-ring (bicyclic) bond motifs is 1. The number of aromatic nitrogens is 3. The van der Waals surface area contributed by atoms with Gasteiger partial charge in [0.2, 0.25) is 0 Å². The van der Waals surface area contributed by atoms with Crippen molar-refractivity contribution in [2.45, 2.75) is 53.2 Å². The van der Waals surface area contributed by atoms with Crippen LogP contribution in [0.2, 0.25) is 0 Å². The van der Waals surface area contributed by atoms with Crippen molar-refractivity contribution in [3.05, 3.63) is 66.5 Å². The van der Waals surface area contributed by atoms with Crippen LogP contribution in [0.25, 0.3) is 22.2 Å². The second kappa shape index (κ2) is 11.6. The van der Waals surface area contributed by atoms with Crippen molar-refractivity contribution < 1.29 is 14.3 Å². The number of carbonyl (C=O) groups is 1. The van der Waals surface area contributed by atoms with Gasteiger partial charge in [-0.1, -0.05) is 26.0 Å². The maximum atomic E-state index is 11.9. The SMILES string of the molecule is CC.CC(C)OC(=O)Nc1ccc(-c2c(C#N)c3ccc(Oc4ncccn4)cc3n2CC2CC2)cc1. The molecule has 2 aromatic heterocycles. The highest BCUT2D eigenvalue weighted by molar-refractivity contribution is 5.95. The maximum absolute atomic E-state index is 11.9. The van der Waals surface area contributed by atoms with Gasteiger partial charge in [0.05, 0.1) is 22.9 Å². The molecule has 2 heterocycles. The van der Waals surface area contributed by atoms with Crippen LogP contribution in [-0.4, -0.2) is 26.7 Å². The Labute approximate surface area is 216 Å². The number of carbonyl (C=O) groups excluding carboxylic acids is 1. The molecule has 0 aliphatic heterocycles. The van der Waals surface area contributed by atoms with E-state index < -0.39 is 6.09 Å². The number of hydrogen-bond acceptors (Lipinski definition) is 6. The van der Waals surface area contributed by atoms with Gasteiger partial charge in [-0.25, -0.2) is 14.8 Å². The second-order valence-electron chi connectivity index (χ2n) is 8.86. The fraction of sp³-hybridized carbons (Fsp3) is 0.310. The number of ether oxygens (including phenoxy) is 2. The Bertz CT molecular complexity index is 1400. The molecular formula is C29H31N5O3. The lowest BCUT2D eigenvalue weighted by molar-refractivity contribution is 0.130. The lowest BCUT2D eigenvalue weighted by atomic mass is 10.1. The van der Waals surface area contributed by atoms with Crippen LogP contribution >= 0.6 is 0 Å². The minimum Gasteiger partial charge on any atom is -0.447 e. The van der Waals surface area contributed by atoms with Gasteiger partial charge in [0.1, 0.15) is 11.8 Å². The average molecular weight is 498 g/mol. The van der Waals surface area contributed by atoms with Crippen LogP contribution in [0.15, 0.2) is 60.9 Å². The zero-order chi connectivity index (χ0) is 26.4. The van der Waals surface area contributed by atoms with E-state index in [0.717, 1.165) is 28.7 Å². The average Bonchev–Trinajstić information content (AvgIpc) is 3.67. The van der Waals surface area contributed by atoms with E-state index >= 15 is 0 Å². The highest BCUT2D eigenvalue weighted by Crippen LogP contribution is 2.40. The van der Waals surface area contributed by atoms with Gasteiger partial charge in [-0.2, -0.15) is 5.26 Å². The zero-order valence-corrected chi connectivity index (χ0v) is 21.6. The minimum absolute atomic E-state index is 0.201. The Morgan fingerprint density at radius 3 is 2.46 bits per heavy atom. The van der Waals surface area contributed by atoms with Crippen LogP contribution in [0.4, 0.5) is 10.5 Å². The molecular weight excluding hydrogens is 466 g/mol. The molecule has 0 spiro atoms. The van der Waals surface area contributed by atoms with E-state index in [4.69, 9.17) is 9.47 Å². The summed E-state index contributed by atoms with van der Waals surface area (Å²) in [7, 11) is 0. The molecule has 190 valence electrons. The third-order valence-corrected chi connectivity index (χ3v) is 5.78. The van der Waals surface area contributed by atoms with Crippen molar-refractivity contribution in [1.29, 1.82) is 5.26 Å². The summed E-state index contributed by atoms with van der Waals surface area (Å²) in [6.07, 6.45) is 4.91. The number of hydrogen-bond donors (Lipinski definition) is 1. The van der Waals surface area contributed by atoms with E-state index in [-0.39, 0.29) is 12.1 Å². The Kier molecular flexibility index (Phi) is 8.04. The fourth-order valence-corrected chi connectivity index (χ4v) is 4.07. The van der Waals surface area contributed by atoms with E-state index in [1.165, 1.54) is 12.8 Å². The number of rotatable bonds is 7. The molecule has 0 bridgehead atoms. The summed E-state index contributed by atoms with van der Waals surface area (Å²) in [5, 5.41) is 13.7.